The molecule has 1 heterocycles. The Hall–Kier alpha value is -1.12. The molecule has 1 saturated carbocycles. The lowest BCUT2D eigenvalue weighted by Crippen LogP contribution is -2.37. The minimum atomic E-state index is 0.708. The molecule has 1 aliphatic rings. The Bertz CT molecular complexity index is 243. The van der Waals surface area contributed by atoms with Gasteiger partial charge in [0, 0.05) is 19.3 Å². The van der Waals surface area contributed by atoms with Crippen molar-refractivity contribution in [1.29, 1.82) is 0 Å². The lowest BCUT2D eigenvalue weighted by molar-refractivity contribution is 0.399. The molecule has 0 aliphatic heterocycles. The fourth-order valence-electron chi connectivity index (χ4n) is 1.45. The van der Waals surface area contributed by atoms with E-state index in [1.807, 2.05) is 6.07 Å². The zero-order valence-electron chi connectivity index (χ0n) is 7.27. The van der Waals surface area contributed by atoms with Gasteiger partial charge in [-0.1, -0.05) is 0 Å². The molecule has 1 aromatic heterocycles. The van der Waals surface area contributed by atoms with Crippen molar-refractivity contribution in [1.82, 2.24) is 9.97 Å². The SMILES string of the molecule is CN(c1ccncn1)C1CCC1. The number of hydrogen-bond acceptors (Lipinski definition) is 3. The summed E-state index contributed by atoms with van der Waals surface area (Å²) in [6.07, 6.45) is 7.36. The van der Waals surface area contributed by atoms with Crippen LogP contribution in [0, 0.1) is 0 Å². The third kappa shape index (κ3) is 1.26. The first-order valence-corrected chi connectivity index (χ1v) is 4.37. The summed E-state index contributed by atoms with van der Waals surface area (Å²) in [4.78, 5) is 10.3. The van der Waals surface area contributed by atoms with Gasteiger partial charge in [0.25, 0.3) is 0 Å². The smallest absolute Gasteiger partial charge is 0.131 e. The van der Waals surface area contributed by atoms with Crippen LogP contribution >= 0.6 is 0 Å². The van der Waals surface area contributed by atoms with Crippen molar-refractivity contribution in [3.63, 3.8) is 0 Å². The zero-order valence-corrected chi connectivity index (χ0v) is 7.27. The van der Waals surface area contributed by atoms with E-state index in [0.717, 1.165) is 5.82 Å². The standard InChI is InChI=1S/C9H13N3/c1-12(8-3-2-4-8)9-5-6-10-7-11-9/h5-8H,2-4H2,1H3. The monoisotopic (exact) mass is 163 g/mol. The van der Waals surface area contributed by atoms with Gasteiger partial charge in [-0.2, -0.15) is 0 Å². The van der Waals surface area contributed by atoms with Crippen molar-refractivity contribution in [3.8, 4) is 0 Å². The van der Waals surface area contributed by atoms with E-state index in [1.54, 1.807) is 12.5 Å². The van der Waals surface area contributed by atoms with Crippen LogP contribution in [0.4, 0.5) is 5.82 Å². The molecule has 2 rings (SSSR count). The normalized spacial score (nSPS) is 17.1. The molecule has 1 aliphatic carbocycles. The van der Waals surface area contributed by atoms with Crippen LogP contribution in [0.25, 0.3) is 0 Å². The van der Waals surface area contributed by atoms with Crippen molar-refractivity contribution in [3.05, 3.63) is 18.6 Å². The highest BCUT2D eigenvalue weighted by Crippen LogP contribution is 2.26. The van der Waals surface area contributed by atoms with Gasteiger partial charge in [0.2, 0.25) is 0 Å². The Morgan fingerprint density at radius 1 is 1.50 bits per heavy atom. The number of nitrogens with zero attached hydrogens (tertiary/aromatic N) is 3. The lowest BCUT2D eigenvalue weighted by atomic mass is 9.92. The van der Waals surface area contributed by atoms with Crippen LogP contribution in [0.1, 0.15) is 19.3 Å². The molecule has 0 saturated heterocycles. The van der Waals surface area contributed by atoms with Gasteiger partial charge in [0.1, 0.15) is 12.1 Å². The molecule has 3 heteroatoms. The fraction of sp³-hybridized carbons (Fsp3) is 0.556. The van der Waals surface area contributed by atoms with Crippen molar-refractivity contribution in [2.75, 3.05) is 11.9 Å². The average Bonchev–Trinajstić information content (AvgIpc) is 2.03. The highest BCUT2D eigenvalue weighted by molar-refractivity contribution is 5.37. The lowest BCUT2D eigenvalue weighted by Gasteiger charge is -2.35. The predicted octanol–water partition coefficient (Wildman–Crippen LogP) is 1.47. The van der Waals surface area contributed by atoms with Crippen LogP contribution in [-0.4, -0.2) is 23.1 Å². The number of aromatic nitrogens is 2. The minimum absolute atomic E-state index is 0.708. The third-order valence-electron chi connectivity index (χ3n) is 2.55. The van der Waals surface area contributed by atoms with Gasteiger partial charge in [-0.25, -0.2) is 9.97 Å². The van der Waals surface area contributed by atoms with E-state index in [4.69, 9.17) is 0 Å². The second-order valence-electron chi connectivity index (χ2n) is 3.26. The molecule has 0 bridgehead atoms. The van der Waals surface area contributed by atoms with Gasteiger partial charge < -0.3 is 4.90 Å². The molecule has 0 amide bonds. The Morgan fingerprint density at radius 3 is 2.83 bits per heavy atom. The van der Waals surface area contributed by atoms with E-state index in [-0.39, 0.29) is 0 Å². The number of anilines is 1. The largest absolute Gasteiger partial charge is 0.357 e. The summed E-state index contributed by atoms with van der Waals surface area (Å²) in [6, 6.07) is 2.66. The number of hydrogen-bond donors (Lipinski definition) is 0. The molecule has 1 fully saturated rings. The van der Waals surface area contributed by atoms with E-state index >= 15 is 0 Å². The van der Waals surface area contributed by atoms with Crippen LogP contribution in [0.5, 0.6) is 0 Å². The Balaban J connectivity index is 2.08. The topological polar surface area (TPSA) is 29.0 Å². The van der Waals surface area contributed by atoms with Crippen LogP contribution in [0.2, 0.25) is 0 Å². The van der Waals surface area contributed by atoms with Gasteiger partial charge in [-0.3, -0.25) is 0 Å². The quantitative estimate of drug-likeness (QED) is 0.661. The summed E-state index contributed by atoms with van der Waals surface area (Å²) < 4.78 is 0. The Kier molecular flexibility index (Phi) is 1.94. The molecule has 12 heavy (non-hydrogen) atoms. The molecule has 0 unspecified atom stereocenters. The molecule has 0 atom stereocenters. The zero-order chi connectivity index (χ0) is 8.39. The Morgan fingerprint density at radius 2 is 2.33 bits per heavy atom. The summed E-state index contributed by atoms with van der Waals surface area (Å²) in [7, 11) is 2.10. The van der Waals surface area contributed by atoms with Crippen molar-refractivity contribution in [2.24, 2.45) is 0 Å². The molecule has 0 N–H and O–H groups in total. The molecule has 0 radical (unpaired) electrons. The second-order valence-corrected chi connectivity index (χ2v) is 3.26. The summed E-state index contributed by atoms with van der Waals surface area (Å²) in [5, 5.41) is 0. The molecular formula is C9H13N3. The second kappa shape index (κ2) is 3.09. The molecule has 0 aromatic carbocycles. The maximum absolute atomic E-state index is 4.20. The van der Waals surface area contributed by atoms with Gasteiger partial charge >= 0.3 is 0 Å². The maximum Gasteiger partial charge on any atom is 0.131 e. The van der Waals surface area contributed by atoms with E-state index in [2.05, 4.69) is 21.9 Å². The number of rotatable bonds is 2. The first-order chi connectivity index (χ1) is 5.88. The average molecular weight is 163 g/mol. The minimum Gasteiger partial charge on any atom is -0.357 e. The van der Waals surface area contributed by atoms with Crippen LogP contribution in [0.15, 0.2) is 18.6 Å². The van der Waals surface area contributed by atoms with Gasteiger partial charge in [0.05, 0.1) is 0 Å². The molecular weight excluding hydrogens is 150 g/mol. The molecule has 64 valence electrons. The predicted molar refractivity (Wildman–Crippen MR) is 48.1 cm³/mol. The Labute approximate surface area is 72.4 Å². The summed E-state index contributed by atoms with van der Waals surface area (Å²) in [5.74, 6) is 1.04. The summed E-state index contributed by atoms with van der Waals surface area (Å²) >= 11 is 0. The van der Waals surface area contributed by atoms with Crippen LogP contribution in [-0.2, 0) is 0 Å². The first-order valence-electron chi connectivity index (χ1n) is 4.37. The molecule has 0 spiro atoms. The highest BCUT2D eigenvalue weighted by atomic mass is 15.2. The van der Waals surface area contributed by atoms with Crippen LogP contribution in [0.3, 0.4) is 0 Å². The molecule has 1 aromatic rings. The summed E-state index contributed by atoms with van der Waals surface area (Å²) in [6.45, 7) is 0. The van der Waals surface area contributed by atoms with Crippen molar-refractivity contribution < 1.29 is 0 Å². The maximum atomic E-state index is 4.20. The van der Waals surface area contributed by atoms with Crippen molar-refractivity contribution >= 4 is 5.82 Å². The van der Waals surface area contributed by atoms with Gasteiger partial charge in [0.15, 0.2) is 0 Å². The highest BCUT2D eigenvalue weighted by Gasteiger charge is 2.22. The van der Waals surface area contributed by atoms with E-state index in [0.29, 0.717) is 6.04 Å². The van der Waals surface area contributed by atoms with Crippen LogP contribution < -0.4 is 4.90 Å². The molecule has 3 nitrogen and oxygen atoms in total. The van der Waals surface area contributed by atoms with Gasteiger partial charge in [-0.15, -0.1) is 0 Å². The van der Waals surface area contributed by atoms with E-state index in [1.165, 1.54) is 19.3 Å². The van der Waals surface area contributed by atoms with E-state index in [9.17, 15) is 0 Å². The third-order valence-corrected chi connectivity index (χ3v) is 2.55. The first kappa shape index (κ1) is 7.53. The van der Waals surface area contributed by atoms with E-state index < -0.39 is 0 Å². The fourth-order valence-corrected chi connectivity index (χ4v) is 1.45. The van der Waals surface area contributed by atoms with Gasteiger partial charge in [-0.05, 0) is 25.3 Å². The summed E-state index contributed by atoms with van der Waals surface area (Å²) in [5.41, 5.74) is 0. The van der Waals surface area contributed by atoms with Crippen molar-refractivity contribution in [2.45, 2.75) is 25.3 Å².